The molecule has 0 saturated carbocycles. The van der Waals surface area contributed by atoms with Crippen LogP contribution in [0.4, 0.5) is 5.69 Å². The van der Waals surface area contributed by atoms with E-state index in [1.165, 1.54) is 0 Å². The third kappa shape index (κ3) is 4.72. The second-order valence-corrected chi connectivity index (χ2v) is 15.8. The molecule has 0 aliphatic carbocycles. The molecule has 4 aromatic heterocycles. The number of hydrogen-bond acceptors (Lipinski definition) is 3. The highest BCUT2D eigenvalue weighted by molar-refractivity contribution is 6.26. The minimum Gasteiger partial charge on any atom is -0.455 e. The third-order valence-corrected chi connectivity index (χ3v) is 12.6. The summed E-state index contributed by atoms with van der Waals surface area (Å²) in [5.74, 6) is 0. The Hall–Kier alpha value is -8.84. The molecule has 0 saturated heterocycles. The summed E-state index contributed by atoms with van der Waals surface area (Å²) in [6.45, 7) is 8.73. The van der Waals surface area contributed by atoms with Gasteiger partial charge in [-0.25, -0.2) is 4.85 Å². The van der Waals surface area contributed by atoms with Gasteiger partial charge in [-0.1, -0.05) is 109 Å². The summed E-state index contributed by atoms with van der Waals surface area (Å²) in [6, 6.07) is 64.7. The second kappa shape index (κ2) is 12.8. The van der Waals surface area contributed by atoms with Gasteiger partial charge in [-0.05, 0) is 95.1 Å². The van der Waals surface area contributed by atoms with Crippen molar-refractivity contribution in [2.75, 3.05) is 0 Å². The lowest BCUT2D eigenvalue weighted by Gasteiger charge is -2.16. The van der Waals surface area contributed by atoms with Gasteiger partial charge in [-0.3, -0.25) is 0 Å². The van der Waals surface area contributed by atoms with E-state index in [1.807, 2.05) is 72.8 Å². The van der Waals surface area contributed by atoms with Crippen LogP contribution in [0.2, 0.25) is 0 Å². The van der Waals surface area contributed by atoms with Crippen molar-refractivity contribution in [3.63, 3.8) is 0 Å². The molecule has 0 aliphatic heterocycles. The lowest BCUT2D eigenvalue weighted by Crippen LogP contribution is -2.01. The predicted molar refractivity (Wildman–Crippen MR) is 252 cm³/mol. The molecule has 0 unspecified atom stereocenters. The zero-order valence-electron chi connectivity index (χ0n) is 32.9. The van der Waals surface area contributed by atoms with Crippen LogP contribution in [0.25, 0.3) is 126 Å². The van der Waals surface area contributed by atoms with Crippen molar-refractivity contribution < 1.29 is 8.83 Å². The van der Waals surface area contributed by atoms with Gasteiger partial charge >= 0.3 is 0 Å². The van der Waals surface area contributed by atoms with E-state index in [4.69, 9.17) is 15.4 Å². The van der Waals surface area contributed by atoms with Crippen molar-refractivity contribution in [2.24, 2.45) is 0 Å². The van der Waals surface area contributed by atoms with E-state index in [2.05, 4.69) is 129 Å². The summed E-state index contributed by atoms with van der Waals surface area (Å²) in [5, 5.41) is 19.2. The van der Waals surface area contributed by atoms with Crippen molar-refractivity contribution in [3.8, 4) is 39.7 Å². The number of hydrogen-bond donors (Lipinski definition) is 0. The van der Waals surface area contributed by atoms with Gasteiger partial charge in [0.05, 0.1) is 50.7 Å². The van der Waals surface area contributed by atoms with Gasteiger partial charge in [-0.2, -0.15) is 5.26 Å². The fraction of sp³-hybridized carbons (Fsp3) is 0. The largest absolute Gasteiger partial charge is 0.455 e. The quantitative estimate of drug-likeness (QED) is 0.167. The predicted octanol–water partition coefficient (Wildman–Crippen LogP) is 15.4. The highest BCUT2D eigenvalue weighted by Crippen LogP contribution is 2.46. The number of aromatic nitrogens is 2. The summed E-state index contributed by atoms with van der Waals surface area (Å²) in [7, 11) is 0. The van der Waals surface area contributed by atoms with Crippen LogP contribution in [0, 0.1) is 17.9 Å². The molecule has 6 heteroatoms. The fourth-order valence-electron chi connectivity index (χ4n) is 9.85. The van der Waals surface area contributed by atoms with Crippen molar-refractivity contribution in [1.29, 1.82) is 5.26 Å². The summed E-state index contributed by atoms with van der Waals surface area (Å²) in [5.41, 5.74) is 13.1. The molecule has 0 N–H and O–H groups in total. The van der Waals surface area contributed by atoms with Crippen molar-refractivity contribution >= 4 is 93.2 Å². The molecule has 0 spiro atoms. The van der Waals surface area contributed by atoms with Crippen molar-refractivity contribution in [1.82, 2.24) is 9.13 Å². The van der Waals surface area contributed by atoms with Crippen LogP contribution in [0.15, 0.2) is 191 Å². The molecule has 9 aromatic carbocycles. The standard InChI is InChI=1S/C56H30N4O2/c1-58-45-31-38(59-46-24-20-35(33-12-4-2-5-13-33)29-43(46)52-48(59)26-22-41-39-16-8-10-18-50(39)61-55(41)52)28-37(32-57)54(45)60-47-25-21-36(34-14-6-3-7-15-34)30-44(47)53-49(60)27-23-42-40-17-9-11-19-51(40)62-56(42)53/h2-31H. The Labute approximate surface area is 353 Å². The Morgan fingerprint density at radius 2 is 0.919 bits per heavy atom. The zero-order chi connectivity index (χ0) is 41.1. The highest BCUT2D eigenvalue weighted by Gasteiger charge is 2.25. The van der Waals surface area contributed by atoms with E-state index in [-0.39, 0.29) is 0 Å². The average molecular weight is 791 g/mol. The van der Waals surface area contributed by atoms with Crippen molar-refractivity contribution in [2.45, 2.75) is 0 Å². The number of rotatable bonds is 4. The lowest BCUT2D eigenvalue weighted by atomic mass is 10.0. The first-order chi connectivity index (χ1) is 30.7. The highest BCUT2D eigenvalue weighted by atomic mass is 16.3. The smallest absolute Gasteiger partial charge is 0.214 e. The van der Waals surface area contributed by atoms with Gasteiger partial charge in [0.25, 0.3) is 0 Å². The Bertz CT molecular complexity index is 4080. The molecule has 62 heavy (non-hydrogen) atoms. The van der Waals surface area contributed by atoms with Crippen LogP contribution < -0.4 is 0 Å². The van der Waals surface area contributed by atoms with Crippen molar-refractivity contribution in [3.05, 3.63) is 199 Å². The first-order valence-electron chi connectivity index (χ1n) is 20.5. The van der Waals surface area contributed by atoms with Crippen LogP contribution in [0.5, 0.6) is 0 Å². The van der Waals surface area contributed by atoms with E-state index in [0.29, 0.717) is 22.6 Å². The molecule has 0 radical (unpaired) electrons. The van der Waals surface area contributed by atoms with Gasteiger partial charge in [0.15, 0.2) is 0 Å². The molecule has 6 nitrogen and oxygen atoms in total. The molecule has 0 amide bonds. The van der Waals surface area contributed by atoms with Crippen LogP contribution in [-0.4, -0.2) is 9.13 Å². The van der Waals surface area contributed by atoms with Gasteiger partial charge < -0.3 is 18.0 Å². The molecule has 0 atom stereocenters. The molecule has 0 bridgehead atoms. The average Bonchev–Trinajstić information content (AvgIpc) is 4.08. The summed E-state index contributed by atoms with van der Waals surface area (Å²) < 4.78 is 17.6. The minimum atomic E-state index is 0.357. The molecule has 0 fully saturated rings. The summed E-state index contributed by atoms with van der Waals surface area (Å²) in [4.78, 5) is 4.20. The maximum absolute atomic E-state index is 11.2. The van der Waals surface area contributed by atoms with Gasteiger partial charge in [-0.15, -0.1) is 0 Å². The topological polar surface area (TPSA) is 64.3 Å². The van der Waals surface area contributed by atoms with E-state index in [9.17, 15) is 5.26 Å². The first kappa shape index (κ1) is 34.1. The van der Waals surface area contributed by atoms with E-state index < -0.39 is 0 Å². The van der Waals surface area contributed by atoms with Crippen LogP contribution in [-0.2, 0) is 0 Å². The number of benzene rings is 9. The van der Waals surface area contributed by atoms with Crippen LogP contribution in [0.3, 0.4) is 0 Å². The maximum Gasteiger partial charge on any atom is 0.214 e. The maximum atomic E-state index is 11.2. The SMILES string of the molecule is [C-]#[N+]c1cc(-n2c3ccc(-c4ccccc4)cc3c3c4oc5ccccc5c4ccc32)cc(C#N)c1-n1c2ccc(-c3ccccc3)cc2c2c3oc4ccccc4c3ccc21. The van der Waals surface area contributed by atoms with Crippen LogP contribution in [0.1, 0.15) is 5.56 Å². The number of fused-ring (bicyclic) bond motifs is 14. The second-order valence-electron chi connectivity index (χ2n) is 15.8. The van der Waals surface area contributed by atoms with E-state index in [1.54, 1.807) is 0 Å². The minimum absolute atomic E-state index is 0.357. The Morgan fingerprint density at radius 1 is 0.435 bits per heavy atom. The zero-order valence-corrected chi connectivity index (χ0v) is 32.9. The van der Waals surface area contributed by atoms with Gasteiger partial charge in [0.1, 0.15) is 28.4 Å². The lowest BCUT2D eigenvalue weighted by molar-refractivity contribution is 0.672. The van der Waals surface area contributed by atoms with Gasteiger partial charge in [0, 0.05) is 38.0 Å². The number of nitriles is 1. The van der Waals surface area contributed by atoms with E-state index in [0.717, 1.165) is 110 Å². The monoisotopic (exact) mass is 790 g/mol. The molecule has 286 valence electrons. The molecular formula is C56H30N4O2. The normalized spacial score (nSPS) is 11.8. The fourth-order valence-corrected chi connectivity index (χ4v) is 9.85. The Morgan fingerprint density at radius 3 is 1.45 bits per heavy atom. The Balaban J connectivity index is 1.11. The molecule has 4 heterocycles. The molecule has 13 rings (SSSR count). The third-order valence-electron chi connectivity index (χ3n) is 12.6. The van der Waals surface area contributed by atoms with Crippen LogP contribution >= 0.6 is 0 Å². The summed E-state index contributed by atoms with van der Waals surface area (Å²) in [6.07, 6.45) is 0. The molecular weight excluding hydrogens is 761 g/mol. The number of nitrogens with zero attached hydrogens (tertiary/aromatic N) is 4. The number of furan rings is 2. The first-order valence-corrected chi connectivity index (χ1v) is 20.5. The van der Waals surface area contributed by atoms with E-state index >= 15 is 0 Å². The number of para-hydroxylation sites is 2. The van der Waals surface area contributed by atoms with Gasteiger partial charge in [0.2, 0.25) is 5.69 Å². The Kier molecular flexibility index (Phi) is 7.05. The molecule has 13 aromatic rings. The molecule has 0 aliphatic rings. The summed E-state index contributed by atoms with van der Waals surface area (Å²) >= 11 is 0.